The van der Waals surface area contributed by atoms with Gasteiger partial charge < -0.3 is 10.2 Å². The Hall–Kier alpha value is -2.82. The summed E-state index contributed by atoms with van der Waals surface area (Å²) in [6, 6.07) is 28.4. The van der Waals surface area contributed by atoms with Crippen molar-refractivity contribution >= 4 is 23.5 Å². The molecule has 0 heterocycles. The molecule has 0 amide bonds. The van der Waals surface area contributed by atoms with E-state index in [4.69, 9.17) is 0 Å². The van der Waals surface area contributed by atoms with Gasteiger partial charge in [-0.15, -0.1) is 23.5 Å². The maximum absolute atomic E-state index is 11.4. The fourth-order valence-electron chi connectivity index (χ4n) is 6.20. The van der Waals surface area contributed by atoms with Gasteiger partial charge in [-0.05, 0) is 103 Å². The number of thioether (sulfide) groups is 2. The maximum Gasteiger partial charge on any atom is 0.123 e. The summed E-state index contributed by atoms with van der Waals surface area (Å²) >= 11 is 3.71. The van der Waals surface area contributed by atoms with Crippen molar-refractivity contribution < 1.29 is 10.2 Å². The van der Waals surface area contributed by atoms with Crippen molar-refractivity contribution in [2.45, 2.75) is 138 Å². The Kier molecular flexibility index (Phi) is 10.9. The molecular formula is C44H58O2S2. The quantitative estimate of drug-likeness (QED) is 0.172. The first-order valence-corrected chi connectivity index (χ1v) is 18.9. The zero-order valence-electron chi connectivity index (χ0n) is 31.6. The molecule has 258 valence electrons. The van der Waals surface area contributed by atoms with E-state index in [2.05, 4.69) is 163 Å². The van der Waals surface area contributed by atoms with E-state index in [1.807, 2.05) is 29.6 Å². The van der Waals surface area contributed by atoms with Crippen molar-refractivity contribution in [3.8, 4) is 11.5 Å². The molecule has 0 bridgehead atoms. The van der Waals surface area contributed by atoms with Gasteiger partial charge >= 0.3 is 0 Å². The summed E-state index contributed by atoms with van der Waals surface area (Å²) in [4.78, 5) is 2.36. The van der Waals surface area contributed by atoms with Crippen molar-refractivity contribution in [3.63, 3.8) is 0 Å². The highest BCUT2D eigenvalue weighted by atomic mass is 32.2. The van der Waals surface area contributed by atoms with Crippen LogP contribution in [-0.2, 0) is 38.6 Å². The third-order valence-electron chi connectivity index (χ3n) is 9.22. The van der Waals surface area contributed by atoms with Gasteiger partial charge in [0.05, 0.1) is 0 Å². The first-order valence-electron chi connectivity index (χ1n) is 17.3. The van der Waals surface area contributed by atoms with E-state index in [1.54, 1.807) is 0 Å². The van der Waals surface area contributed by atoms with Gasteiger partial charge in [0.25, 0.3) is 0 Å². The average Bonchev–Trinajstić information content (AvgIpc) is 2.96. The summed E-state index contributed by atoms with van der Waals surface area (Å²) in [5, 5.41) is 22.6. The predicted octanol–water partition coefficient (Wildman–Crippen LogP) is 12.8. The second kappa shape index (κ2) is 13.8. The normalized spacial score (nSPS) is 13.2. The lowest BCUT2D eigenvalue weighted by Crippen LogP contribution is -2.18. The van der Waals surface area contributed by atoms with Gasteiger partial charge in [-0.2, -0.15) is 0 Å². The summed E-state index contributed by atoms with van der Waals surface area (Å²) in [6.07, 6.45) is 1.69. The average molecular weight is 683 g/mol. The number of hydrogen-bond donors (Lipinski definition) is 2. The lowest BCUT2D eigenvalue weighted by atomic mass is 9.79. The minimum atomic E-state index is -0.182. The molecule has 0 saturated carbocycles. The molecule has 0 atom stereocenters. The van der Waals surface area contributed by atoms with E-state index >= 15 is 0 Å². The summed E-state index contributed by atoms with van der Waals surface area (Å²) < 4.78 is -0.359. The first kappa shape index (κ1) is 38.0. The van der Waals surface area contributed by atoms with Crippen molar-refractivity contribution in [1.29, 1.82) is 0 Å². The molecular weight excluding hydrogens is 625 g/mol. The third kappa shape index (κ3) is 9.04. The van der Waals surface area contributed by atoms with Gasteiger partial charge in [0.15, 0.2) is 0 Å². The summed E-state index contributed by atoms with van der Waals surface area (Å²) in [5.41, 5.74) is 7.32. The van der Waals surface area contributed by atoms with E-state index in [1.165, 1.54) is 26.5 Å². The summed E-state index contributed by atoms with van der Waals surface area (Å²) in [6.45, 7) is 28.7. The molecule has 0 aliphatic carbocycles. The monoisotopic (exact) mass is 682 g/mol. The molecule has 0 spiro atoms. The lowest BCUT2D eigenvalue weighted by molar-refractivity contribution is 0.422. The van der Waals surface area contributed by atoms with Crippen LogP contribution in [-0.4, -0.2) is 10.2 Å². The zero-order valence-corrected chi connectivity index (χ0v) is 33.3. The van der Waals surface area contributed by atoms with Crippen LogP contribution in [0, 0.1) is 0 Å². The van der Waals surface area contributed by atoms with Gasteiger partial charge in [0, 0.05) is 36.0 Å². The van der Waals surface area contributed by atoms with Crippen molar-refractivity contribution in [3.05, 3.63) is 118 Å². The van der Waals surface area contributed by atoms with Gasteiger partial charge in [0.2, 0.25) is 0 Å². The highest BCUT2D eigenvalue weighted by Gasteiger charge is 2.31. The number of hydrogen-bond acceptors (Lipinski definition) is 4. The standard InChI is InChI=1S/C44H58O2S2/c1-40(2,3)35-26-33(25-30(38(35)45)20-19-29-17-15-14-16-18-29)47-43(10,11)31-21-23-32(24-22-31)44(12,13)48-34-27-36(41(4,5)6)39(46)37(28-34)42(7,8)9/h14-18,21-28,45-46H,19-20H2,1-13H3. The van der Waals surface area contributed by atoms with Crippen LogP contribution < -0.4 is 0 Å². The molecule has 4 heteroatoms. The van der Waals surface area contributed by atoms with Crippen LogP contribution in [0.4, 0.5) is 0 Å². The number of phenolic OH excluding ortho intramolecular Hbond substituents is 2. The predicted molar refractivity (Wildman–Crippen MR) is 210 cm³/mol. The van der Waals surface area contributed by atoms with Gasteiger partial charge in [-0.25, -0.2) is 0 Å². The Balaban J connectivity index is 1.61. The van der Waals surface area contributed by atoms with Crippen LogP contribution in [0.2, 0.25) is 0 Å². The molecule has 0 unspecified atom stereocenters. The molecule has 2 nitrogen and oxygen atoms in total. The maximum atomic E-state index is 11.4. The SMILES string of the molecule is CC(C)(C)c1cc(SC(C)(C)c2ccc(C(C)(C)Sc3cc(C(C)(C)C)c(O)c(C(C)(C)C)c3)cc2)cc(CCc2ccccc2)c1O. The Bertz CT molecular complexity index is 1680. The van der Waals surface area contributed by atoms with E-state index < -0.39 is 0 Å². The highest BCUT2D eigenvalue weighted by Crippen LogP contribution is 2.48. The fourth-order valence-corrected chi connectivity index (χ4v) is 8.62. The molecule has 0 aromatic heterocycles. The number of aryl methyl sites for hydroxylation is 2. The Morgan fingerprint density at radius 3 is 1.23 bits per heavy atom. The molecule has 0 aliphatic rings. The van der Waals surface area contributed by atoms with Crippen LogP contribution in [0.3, 0.4) is 0 Å². The van der Waals surface area contributed by atoms with Crippen molar-refractivity contribution in [2.75, 3.05) is 0 Å². The van der Waals surface area contributed by atoms with Crippen LogP contribution in [0.15, 0.2) is 88.7 Å². The van der Waals surface area contributed by atoms with E-state index in [9.17, 15) is 10.2 Å². The topological polar surface area (TPSA) is 40.5 Å². The molecule has 4 aromatic rings. The molecule has 0 aliphatic heterocycles. The summed E-state index contributed by atoms with van der Waals surface area (Å²) in [5.74, 6) is 0.857. The number of benzene rings is 4. The second-order valence-electron chi connectivity index (χ2n) is 17.4. The van der Waals surface area contributed by atoms with Crippen molar-refractivity contribution in [2.24, 2.45) is 0 Å². The number of aromatic hydroxyl groups is 2. The first-order chi connectivity index (χ1) is 22.0. The van der Waals surface area contributed by atoms with Crippen LogP contribution in [0.1, 0.15) is 129 Å². The van der Waals surface area contributed by atoms with Gasteiger partial charge in [-0.1, -0.05) is 117 Å². The Labute approximate surface area is 300 Å². The Morgan fingerprint density at radius 2 is 0.833 bits per heavy atom. The molecule has 4 aromatic carbocycles. The van der Waals surface area contributed by atoms with E-state index in [0.717, 1.165) is 35.1 Å². The molecule has 4 rings (SSSR count). The number of rotatable bonds is 9. The summed E-state index contributed by atoms with van der Waals surface area (Å²) in [7, 11) is 0. The third-order valence-corrected chi connectivity index (χ3v) is 11.7. The molecule has 2 N–H and O–H groups in total. The van der Waals surface area contributed by atoms with Crippen LogP contribution in [0.5, 0.6) is 11.5 Å². The van der Waals surface area contributed by atoms with Crippen LogP contribution >= 0.6 is 23.5 Å². The smallest absolute Gasteiger partial charge is 0.123 e. The molecule has 0 radical (unpaired) electrons. The van der Waals surface area contributed by atoms with E-state index in [0.29, 0.717) is 11.5 Å². The lowest BCUT2D eigenvalue weighted by Gasteiger charge is -2.31. The molecule has 0 saturated heterocycles. The van der Waals surface area contributed by atoms with Gasteiger partial charge in [-0.3, -0.25) is 0 Å². The molecule has 48 heavy (non-hydrogen) atoms. The minimum Gasteiger partial charge on any atom is -0.507 e. The van der Waals surface area contributed by atoms with Crippen LogP contribution in [0.25, 0.3) is 0 Å². The number of phenols is 2. The van der Waals surface area contributed by atoms with Gasteiger partial charge in [0.1, 0.15) is 11.5 Å². The minimum absolute atomic E-state index is 0.163. The fraction of sp³-hybridized carbons (Fsp3) is 0.455. The largest absolute Gasteiger partial charge is 0.507 e. The zero-order chi connectivity index (χ0) is 35.9. The van der Waals surface area contributed by atoms with Crippen molar-refractivity contribution in [1.82, 2.24) is 0 Å². The van der Waals surface area contributed by atoms with E-state index in [-0.39, 0.29) is 25.7 Å². The Morgan fingerprint density at radius 1 is 0.458 bits per heavy atom. The second-order valence-corrected chi connectivity index (χ2v) is 20.8. The molecule has 0 fully saturated rings. The highest BCUT2D eigenvalue weighted by molar-refractivity contribution is 8.00.